The lowest BCUT2D eigenvalue weighted by Crippen LogP contribution is -2.53. The molecule has 4 aromatic rings. The van der Waals surface area contributed by atoms with E-state index in [1.54, 1.807) is 32.5 Å². The van der Waals surface area contributed by atoms with E-state index in [1.807, 2.05) is 55.6 Å². The number of piperazine rings is 1. The van der Waals surface area contributed by atoms with Crippen LogP contribution in [0.1, 0.15) is 36.9 Å². The number of hydrogen-bond acceptors (Lipinski definition) is 4. The van der Waals surface area contributed by atoms with Gasteiger partial charge in [-0.2, -0.15) is 0 Å². The van der Waals surface area contributed by atoms with Crippen molar-refractivity contribution in [1.29, 1.82) is 0 Å². The van der Waals surface area contributed by atoms with E-state index < -0.39 is 17.7 Å². The number of rotatable bonds is 11. The summed E-state index contributed by atoms with van der Waals surface area (Å²) in [5.41, 5.74) is 2.08. The highest BCUT2D eigenvalue weighted by Crippen LogP contribution is 2.36. The SMILES string of the molecule is CCNC(=O)N1CCN(C(=O)CCC(=O)N(Cc2ccc(F)c(F)c2)C(CSc2ccccc2)c2c[nH]c3cc(Cl)ccc23)CC1. The van der Waals surface area contributed by atoms with Crippen molar-refractivity contribution in [2.75, 3.05) is 38.5 Å². The molecule has 1 aliphatic heterocycles. The third kappa shape index (κ3) is 8.19. The maximum absolute atomic E-state index is 14.3. The zero-order valence-corrected chi connectivity index (χ0v) is 27.1. The highest BCUT2D eigenvalue weighted by Gasteiger charge is 2.30. The minimum absolute atomic E-state index is 0.00964. The van der Waals surface area contributed by atoms with Gasteiger partial charge in [-0.1, -0.05) is 41.9 Å². The summed E-state index contributed by atoms with van der Waals surface area (Å²) in [6.45, 7) is 3.99. The number of fused-ring (bicyclic) bond motifs is 1. The van der Waals surface area contributed by atoms with Gasteiger partial charge in [-0.3, -0.25) is 9.59 Å². The molecule has 1 atom stereocenters. The molecule has 242 valence electrons. The normalized spacial score (nSPS) is 13.9. The smallest absolute Gasteiger partial charge is 0.317 e. The van der Waals surface area contributed by atoms with Crippen molar-refractivity contribution in [3.63, 3.8) is 0 Å². The Kier molecular flexibility index (Phi) is 11.2. The zero-order valence-electron chi connectivity index (χ0n) is 25.5. The standard InChI is InChI=1S/C34H36ClF2N5O3S/c1-2-38-34(45)41-16-14-40(15-17-41)32(43)12-13-33(44)42(21-23-8-11-28(36)29(37)18-23)31(22-46-25-6-4-3-5-7-25)27-20-39-30-19-24(35)9-10-26(27)30/h3-11,18-20,31,39H,2,12-17,21-22H2,1H3,(H,38,45). The predicted octanol–water partition coefficient (Wildman–Crippen LogP) is 6.62. The average molecular weight is 668 g/mol. The molecule has 1 aromatic heterocycles. The first-order valence-electron chi connectivity index (χ1n) is 15.2. The summed E-state index contributed by atoms with van der Waals surface area (Å²) in [4.78, 5) is 48.8. The molecule has 8 nitrogen and oxygen atoms in total. The van der Waals surface area contributed by atoms with Gasteiger partial charge in [-0.15, -0.1) is 11.8 Å². The van der Waals surface area contributed by atoms with E-state index in [2.05, 4.69) is 10.3 Å². The van der Waals surface area contributed by atoms with E-state index in [4.69, 9.17) is 11.6 Å². The summed E-state index contributed by atoms with van der Waals surface area (Å²) in [6.07, 6.45) is 1.76. The molecular weight excluding hydrogens is 632 g/mol. The van der Waals surface area contributed by atoms with Crippen LogP contribution in [0.5, 0.6) is 0 Å². The summed E-state index contributed by atoms with van der Waals surface area (Å²) in [5.74, 6) is -1.97. The van der Waals surface area contributed by atoms with E-state index in [9.17, 15) is 23.2 Å². The first-order chi connectivity index (χ1) is 22.2. The number of hydrogen-bond donors (Lipinski definition) is 2. The Labute approximate surface area is 276 Å². The van der Waals surface area contributed by atoms with Crippen molar-refractivity contribution in [3.8, 4) is 0 Å². The number of benzene rings is 3. The topological polar surface area (TPSA) is 88.8 Å². The van der Waals surface area contributed by atoms with E-state index >= 15 is 0 Å². The average Bonchev–Trinajstić information content (AvgIpc) is 3.48. The largest absolute Gasteiger partial charge is 0.361 e. The zero-order chi connectivity index (χ0) is 32.6. The maximum atomic E-state index is 14.3. The number of urea groups is 1. The summed E-state index contributed by atoms with van der Waals surface area (Å²) in [5, 5.41) is 4.22. The number of amides is 4. The number of H-pyrrole nitrogens is 1. The Morgan fingerprint density at radius 1 is 0.957 bits per heavy atom. The van der Waals surface area contributed by atoms with Crippen LogP contribution >= 0.6 is 23.4 Å². The van der Waals surface area contributed by atoms with Crippen molar-refractivity contribution in [1.82, 2.24) is 25.0 Å². The molecular formula is C34H36ClF2N5O3S. The van der Waals surface area contributed by atoms with Crippen LogP contribution in [-0.4, -0.2) is 76.0 Å². The van der Waals surface area contributed by atoms with Gasteiger partial charge in [0, 0.05) is 90.4 Å². The number of carbonyl (C=O) groups excluding carboxylic acids is 3. The lowest BCUT2D eigenvalue weighted by atomic mass is 10.0. The monoisotopic (exact) mass is 667 g/mol. The summed E-state index contributed by atoms with van der Waals surface area (Å²) in [6, 6.07) is 18.3. The molecule has 1 fully saturated rings. The quantitative estimate of drug-likeness (QED) is 0.176. The molecule has 0 saturated carbocycles. The molecule has 2 heterocycles. The Morgan fingerprint density at radius 3 is 2.41 bits per heavy atom. The van der Waals surface area contributed by atoms with Crippen molar-refractivity contribution >= 4 is 52.1 Å². The molecule has 46 heavy (non-hydrogen) atoms. The number of thioether (sulfide) groups is 1. The van der Waals surface area contributed by atoms with Gasteiger partial charge in [0.2, 0.25) is 11.8 Å². The van der Waals surface area contributed by atoms with Crippen LogP contribution in [-0.2, 0) is 16.1 Å². The summed E-state index contributed by atoms with van der Waals surface area (Å²) < 4.78 is 28.2. The lowest BCUT2D eigenvalue weighted by molar-refractivity contribution is -0.139. The molecule has 1 unspecified atom stereocenters. The molecule has 0 radical (unpaired) electrons. The third-order valence-electron chi connectivity index (χ3n) is 8.02. The van der Waals surface area contributed by atoms with Crippen molar-refractivity contribution in [3.05, 3.63) is 101 Å². The van der Waals surface area contributed by atoms with Crippen molar-refractivity contribution < 1.29 is 23.2 Å². The molecule has 3 aromatic carbocycles. The molecule has 0 spiro atoms. The number of carbonyl (C=O) groups is 3. The highest BCUT2D eigenvalue weighted by atomic mass is 35.5. The Hall–Kier alpha value is -4.09. The number of halogens is 3. The van der Waals surface area contributed by atoms with Crippen LogP contribution in [0.4, 0.5) is 13.6 Å². The molecule has 0 aliphatic carbocycles. The van der Waals surface area contributed by atoms with Gasteiger partial charge in [0.15, 0.2) is 11.6 Å². The highest BCUT2D eigenvalue weighted by molar-refractivity contribution is 7.99. The van der Waals surface area contributed by atoms with Gasteiger partial charge < -0.3 is 25.0 Å². The fourth-order valence-electron chi connectivity index (χ4n) is 5.58. The van der Waals surface area contributed by atoms with Crippen molar-refractivity contribution in [2.24, 2.45) is 0 Å². The fourth-order valence-corrected chi connectivity index (χ4v) is 6.81. The Balaban J connectivity index is 1.40. The van der Waals surface area contributed by atoms with Gasteiger partial charge in [-0.25, -0.2) is 13.6 Å². The first-order valence-corrected chi connectivity index (χ1v) is 16.6. The molecule has 2 N–H and O–H groups in total. The summed E-state index contributed by atoms with van der Waals surface area (Å²) in [7, 11) is 0. The van der Waals surface area contributed by atoms with E-state index in [0.717, 1.165) is 33.5 Å². The second kappa shape index (κ2) is 15.5. The fraction of sp³-hybridized carbons (Fsp3) is 0.324. The molecule has 0 bridgehead atoms. The minimum atomic E-state index is -0.996. The molecule has 1 aliphatic rings. The van der Waals surface area contributed by atoms with Crippen LogP contribution < -0.4 is 5.32 Å². The van der Waals surface area contributed by atoms with Crippen LogP contribution in [0.2, 0.25) is 5.02 Å². The Morgan fingerprint density at radius 2 is 1.70 bits per heavy atom. The predicted molar refractivity (Wildman–Crippen MR) is 177 cm³/mol. The molecule has 1 saturated heterocycles. The number of aromatic nitrogens is 1. The second-order valence-corrected chi connectivity index (χ2v) is 12.6. The van der Waals surface area contributed by atoms with Gasteiger partial charge >= 0.3 is 6.03 Å². The van der Waals surface area contributed by atoms with Crippen LogP contribution in [0.3, 0.4) is 0 Å². The first kappa shape index (κ1) is 33.3. The lowest BCUT2D eigenvalue weighted by Gasteiger charge is -2.35. The van der Waals surface area contributed by atoms with E-state index in [1.165, 1.54) is 6.07 Å². The molecule has 12 heteroatoms. The van der Waals surface area contributed by atoms with Gasteiger partial charge in [0.25, 0.3) is 0 Å². The number of nitrogens with zero attached hydrogens (tertiary/aromatic N) is 3. The van der Waals surface area contributed by atoms with Gasteiger partial charge in [0.1, 0.15) is 0 Å². The van der Waals surface area contributed by atoms with Crippen LogP contribution in [0.25, 0.3) is 10.9 Å². The van der Waals surface area contributed by atoms with Crippen LogP contribution in [0.15, 0.2) is 77.8 Å². The number of nitrogens with one attached hydrogen (secondary N) is 2. The van der Waals surface area contributed by atoms with E-state index in [-0.39, 0.29) is 37.2 Å². The van der Waals surface area contributed by atoms with Crippen molar-refractivity contribution in [2.45, 2.75) is 37.2 Å². The molecule has 5 rings (SSSR count). The second-order valence-electron chi connectivity index (χ2n) is 11.0. The third-order valence-corrected chi connectivity index (χ3v) is 9.34. The molecule has 4 amide bonds. The van der Waals surface area contributed by atoms with E-state index in [0.29, 0.717) is 49.1 Å². The maximum Gasteiger partial charge on any atom is 0.317 e. The minimum Gasteiger partial charge on any atom is -0.361 e. The summed E-state index contributed by atoms with van der Waals surface area (Å²) >= 11 is 7.83. The van der Waals surface area contributed by atoms with Crippen LogP contribution in [0, 0.1) is 11.6 Å². The Bertz CT molecular complexity index is 1680. The van der Waals surface area contributed by atoms with Gasteiger partial charge in [-0.05, 0) is 48.9 Å². The number of aromatic amines is 1. The van der Waals surface area contributed by atoms with Gasteiger partial charge in [0.05, 0.1) is 6.04 Å².